The number of hydrogen-bond donors (Lipinski definition) is 2. The molecule has 1 aromatic carbocycles. The lowest BCUT2D eigenvalue weighted by Gasteiger charge is -2.26. The zero-order valence-corrected chi connectivity index (χ0v) is 17.0. The molecular weight excluding hydrogens is 430 g/mol. The van der Waals surface area contributed by atoms with Gasteiger partial charge in [-0.05, 0) is 18.2 Å². The predicted molar refractivity (Wildman–Crippen MR) is 109 cm³/mol. The summed E-state index contributed by atoms with van der Waals surface area (Å²) in [5, 5.41) is 13.2. The third kappa shape index (κ3) is 4.78. The van der Waals surface area contributed by atoms with Crippen LogP contribution in [-0.4, -0.2) is 53.8 Å². The van der Waals surface area contributed by atoms with Gasteiger partial charge in [-0.15, -0.1) is 0 Å². The van der Waals surface area contributed by atoms with Crippen LogP contribution in [-0.2, 0) is 0 Å². The number of aliphatic hydroxyl groups is 1. The van der Waals surface area contributed by atoms with E-state index in [1.165, 1.54) is 30.6 Å². The average Bonchev–Trinajstić information content (AvgIpc) is 2.87. The van der Waals surface area contributed by atoms with Crippen LogP contribution >= 0.6 is 34.8 Å². The molecular formula is C18H18Cl3FN4O2. The number of benzene rings is 1. The lowest BCUT2D eigenvalue weighted by molar-refractivity contribution is 0.181. The van der Waals surface area contributed by atoms with Gasteiger partial charge in [0.05, 0.1) is 20.8 Å². The number of hydrogen-bond acceptors (Lipinski definition) is 4. The van der Waals surface area contributed by atoms with Crippen molar-refractivity contribution in [2.75, 3.05) is 43.0 Å². The number of halogens is 4. The van der Waals surface area contributed by atoms with Crippen molar-refractivity contribution < 1.29 is 14.3 Å². The van der Waals surface area contributed by atoms with Crippen LogP contribution in [0.2, 0.25) is 15.1 Å². The molecule has 1 saturated heterocycles. The lowest BCUT2D eigenvalue weighted by atomic mass is 10.1. The third-order valence-corrected chi connectivity index (χ3v) is 5.30. The summed E-state index contributed by atoms with van der Waals surface area (Å²) in [6, 6.07) is 3.60. The van der Waals surface area contributed by atoms with Gasteiger partial charge in [0, 0.05) is 56.8 Å². The fourth-order valence-corrected chi connectivity index (χ4v) is 3.88. The van der Waals surface area contributed by atoms with E-state index in [4.69, 9.17) is 34.8 Å². The maximum Gasteiger partial charge on any atom is 0.321 e. The van der Waals surface area contributed by atoms with Crippen molar-refractivity contribution in [1.82, 2.24) is 9.88 Å². The van der Waals surface area contributed by atoms with E-state index in [1.807, 2.05) is 4.90 Å². The van der Waals surface area contributed by atoms with Crippen molar-refractivity contribution in [1.29, 1.82) is 0 Å². The van der Waals surface area contributed by atoms with Crippen molar-refractivity contribution in [3.8, 4) is 0 Å². The van der Waals surface area contributed by atoms with E-state index in [0.717, 1.165) is 0 Å². The lowest BCUT2D eigenvalue weighted by Crippen LogP contribution is -2.39. The summed E-state index contributed by atoms with van der Waals surface area (Å²) in [6.45, 7) is 1.56. The summed E-state index contributed by atoms with van der Waals surface area (Å²) in [6.07, 6.45) is 3.01. The largest absolute Gasteiger partial charge is 0.396 e. The summed E-state index contributed by atoms with van der Waals surface area (Å²) in [4.78, 5) is 20.1. The minimum absolute atomic E-state index is 0.0740. The number of nitrogens with zero attached hydrogens (tertiary/aromatic N) is 3. The smallest absolute Gasteiger partial charge is 0.321 e. The highest BCUT2D eigenvalue weighted by atomic mass is 35.5. The Hall–Kier alpha value is -1.80. The van der Waals surface area contributed by atoms with Gasteiger partial charge in [0.2, 0.25) is 0 Å². The normalized spacial score (nSPS) is 17.4. The molecule has 28 heavy (non-hydrogen) atoms. The van der Waals surface area contributed by atoms with Crippen LogP contribution in [0.5, 0.6) is 0 Å². The minimum Gasteiger partial charge on any atom is -0.396 e. The molecule has 2 heterocycles. The first-order valence-corrected chi connectivity index (χ1v) is 9.68. The monoisotopic (exact) mass is 446 g/mol. The van der Waals surface area contributed by atoms with Gasteiger partial charge in [-0.25, -0.2) is 9.18 Å². The SMILES string of the molecule is O=C(Nc1ccc(F)c(Cl)c1)N1CCN(c2c(Cl)cncc2Cl)CC(CO)C1. The number of carbonyl (C=O) groups excluding carboxylic acids is 1. The molecule has 1 atom stereocenters. The fourth-order valence-electron chi connectivity index (χ4n) is 3.09. The van der Waals surface area contributed by atoms with E-state index < -0.39 is 5.82 Å². The Balaban J connectivity index is 1.75. The van der Waals surface area contributed by atoms with Gasteiger partial charge in [0.1, 0.15) is 5.82 Å². The maximum absolute atomic E-state index is 13.3. The second kappa shape index (κ2) is 9.13. The van der Waals surface area contributed by atoms with Gasteiger partial charge in [-0.2, -0.15) is 0 Å². The number of urea groups is 1. The summed E-state index contributed by atoms with van der Waals surface area (Å²) >= 11 is 18.3. The van der Waals surface area contributed by atoms with Gasteiger partial charge in [-0.1, -0.05) is 34.8 Å². The zero-order valence-electron chi connectivity index (χ0n) is 14.7. The van der Waals surface area contributed by atoms with Crippen molar-refractivity contribution >= 4 is 52.2 Å². The summed E-state index contributed by atoms with van der Waals surface area (Å²) in [5.74, 6) is -0.762. The predicted octanol–water partition coefficient (Wildman–Crippen LogP) is 4.14. The van der Waals surface area contributed by atoms with E-state index in [0.29, 0.717) is 47.6 Å². The van der Waals surface area contributed by atoms with Crippen LogP contribution in [0.4, 0.5) is 20.6 Å². The first-order valence-electron chi connectivity index (χ1n) is 8.54. The van der Waals surface area contributed by atoms with Gasteiger partial charge in [0.25, 0.3) is 0 Å². The Labute approximate surface area is 176 Å². The second-order valence-electron chi connectivity index (χ2n) is 6.45. The number of pyridine rings is 1. The number of amides is 2. The first-order chi connectivity index (χ1) is 13.4. The second-order valence-corrected chi connectivity index (χ2v) is 7.67. The number of anilines is 2. The maximum atomic E-state index is 13.3. The van der Waals surface area contributed by atoms with Gasteiger partial charge < -0.3 is 20.2 Å². The molecule has 2 amide bonds. The van der Waals surface area contributed by atoms with Crippen LogP contribution in [0, 0.1) is 11.7 Å². The number of aromatic nitrogens is 1. The summed E-state index contributed by atoms with van der Waals surface area (Å²) in [7, 11) is 0. The minimum atomic E-state index is -0.559. The molecule has 3 rings (SSSR count). The van der Waals surface area contributed by atoms with E-state index in [-0.39, 0.29) is 23.6 Å². The molecule has 1 unspecified atom stereocenters. The standard InChI is InChI=1S/C18H18Cl3FN4O2/c19-13-5-12(1-2-16(13)22)24-18(28)26-4-3-25(8-11(9-26)10-27)17-14(20)6-23-7-15(17)21/h1-2,5-7,11,27H,3-4,8-10H2,(H,24,28). The number of carbonyl (C=O) groups is 1. The quantitative estimate of drug-likeness (QED) is 0.742. The van der Waals surface area contributed by atoms with E-state index in [9.17, 15) is 14.3 Å². The Morgan fingerprint density at radius 2 is 1.89 bits per heavy atom. The summed E-state index contributed by atoms with van der Waals surface area (Å²) in [5.41, 5.74) is 1.02. The number of aliphatic hydroxyl groups excluding tert-OH is 1. The molecule has 0 bridgehead atoms. The highest BCUT2D eigenvalue weighted by Gasteiger charge is 2.27. The van der Waals surface area contributed by atoms with Crippen LogP contribution in [0.3, 0.4) is 0 Å². The van der Waals surface area contributed by atoms with Crippen LogP contribution in [0.1, 0.15) is 0 Å². The Bertz CT molecular complexity index is 850. The molecule has 2 N–H and O–H groups in total. The zero-order chi connectivity index (χ0) is 20.3. The first kappa shape index (κ1) is 20.9. The Morgan fingerprint density at radius 1 is 1.18 bits per heavy atom. The molecule has 1 aliphatic rings. The molecule has 0 saturated carbocycles. The molecule has 2 aromatic rings. The molecule has 10 heteroatoms. The van der Waals surface area contributed by atoms with E-state index in [2.05, 4.69) is 10.3 Å². The van der Waals surface area contributed by atoms with Crippen LogP contribution in [0.15, 0.2) is 30.6 Å². The Morgan fingerprint density at radius 3 is 2.54 bits per heavy atom. The highest BCUT2D eigenvalue weighted by molar-refractivity contribution is 6.38. The topological polar surface area (TPSA) is 68.7 Å². The molecule has 0 aliphatic carbocycles. The van der Waals surface area contributed by atoms with Gasteiger partial charge >= 0.3 is 6.03 Å². The van der Waals surface area contributed by atoms with E-state index in [1.54, 1.807) is 4.90 Å². The summed E-state index contributed by atoms with van der Waals surface area (Å²) < 4.78 is 13.3. The van der Waals surface area contributed by atoms with Gasteiger partial charge in [0.15, 0.2) is 0 Å². The van der Waals surface area contributed by atoms with Crippen molar-refractivity contribution in [3.63, 3.8) is 0 Å². The van der Waals surface area contributed by atoms with Crippen molar-refractivity contribution in [2.45, 2.75) is 0 Å². The average molecular weight is 448 g/mol. The van der Waals surface area contributed by atoms with E-state index >= 15 is 0 Å². The molecule has 1 aliphatic heterocycles. The molecule has 6 nitrogen and oxygen atoms in total. The Kier molecular flexibility index (Phi) is 6.82. The fraction of sp³-hybridized carbons (Fsp3) is 0.333. The van der Waals surface area contributed by atoms with Crippen LogP contribution in [0.25, 0.3) is 0 Å². The molecule has 1 aromatic heterocycles. The molecule has 0 spiro atoms. The highest BCUT2D eigenvalue weighted by Crippen LogP contribution is 2.33. The number of nitrogens with one attached hydrogen (secondary N) is 1. The molecule has 0 radical (unpaired) electrons. The molecule has 150 valence electrons. The molecule has 1 fully saturated rings. The number of rotatable bonds is 3. The van der Waals surface area contributed by atoms with Gasteiger partial charge in [-0.3, -0.25) is 4.98 Å². The van der Waals surface area contributed by atoms with Crippen LogP contribution < -0.4 is 10.2 Å². The third-order valence-electron chi connectivity index (χ3n) is 4.46. The van der Waals surface area contributed by atoms with Crippen molar-refractivity contribution in [3.05, 3.63) is 51.5 Å². The van der Waals surface area contributed by atoms with Crippen molar-refractivity contribution in [2.24, 2.45) is 5.92 Å².